The second-order valence-electron chi connectivity index (χ2n) is 7.19. The number of hydrogen-bond donors (Lipinski definition) is 0. The molecule has 0 saturated carbocycles. The van der Waals surface area contributed by atoms with E-state index in [0.29, 0.717) is 6.54 Å². The van der Waals surface area contributed by atoms with Crippen LogP contribution in [0.1, 0.15) is 57.0 Å². The molecule has 3 rings (SSSR count). The average Bonchev–Trinajstić information content (AvgIpc) is 2.85. The number of nitrogens with zero attached hydrogens (tertiary/aromatic N) is 1. The molecule has 1 amide bonds. The van der Waals surface area contributed by atoms with Gasteiger partial charge in [0.15, 0.2) is 0 Å². The van der Waals surface area contributed by atoms with Crippen LogP contribution in [0.15, 0.2) is 18.2 Å². The van der Waals surface area contributed by atoms with Crippen molar-refractivity contribution in [2.45, 2.75) is 58.8 Å². The molecule has 2 heterocycles. The van der Waals surface area contributed by atoms with Crippen LogP contribution in [-0.2, 0) is 15.9 Å². The number of rotatable bonds is 3. The first kappa shape index (κ1) is 15.6. The van der Waals surface area contributed by atoms with Gasteiger partial charge in [-0.3, -0.25) is 4.79 Å². The van der Waals surface area contributed by atoms with Crippen LogP contribution >= 0.6 is 0 Å². The standard InChI is InChI=1S/C17H24BNO3/c1-6-10-19-11-13-12(15(19)20)8-7-9-14(13)18-21-16(2,3)17(4,5)22-18/h7-9H,6,10-11H2,1-5H3. The Morgan fingerprint density at radius 1 is 1.18 bits per heavy atom. The fraction of sp³-hybridized carbons (Fsp3) is 0.588. The highest BCUT2D eigenvalue weighted by Gasteiger charge is 2.52. The number of carbonyl (C=O) groups is 1. The Labute approximate surface area is 132 Å². The number of benzene rings is 1. The highest BCUT2D eigenvalue weighted by atomic mass is 16.7. The first-order valence-corrected chi connectivity index (χ1v) is 8.03. The molecular weight excluding hydrogens is 277 g/mol. The summed E-state index contributed by atoms with van der Waals surface area (Å²) in [5.41, 5.74) is 2.10. The number of carbonyl (C=O) groups excluding carboxylic acids is 1. The Morgan fingerprint density at radius 2 is 1.82 bits per heavy atom. The van der Waals surface area contributed by atoms with Gasteiger partial charge in [-0.05, 0) is 51.2 Å². The third-order valence-corrected chi connectivity index (χ3v) is 5.08. The summed E-state index contributed by atoms with van der Waals surface area (Å²) in [7, 11) is -0.408. The Hall–Kier alpha value is -1.33. The van der Waals surface area contributed by atoms with Gasteiger partial charge in [-0.1, -0.05) is 19.1 Å². The fourth-order valence-corrected chi connectivity index (χ4v) is 3.06. The predicted molar refractivity (Wildman–Crippen MR) is 87.2 cm³/mol. The molecule has 0 N–H and O–H groups in total. The molecule has 5 heteroatoms. The zero-order valence-corrected chi connectivity index (χ0v) is 14.1. The lowest BCUT2D eigenvalue weighted by atomic mass is 9.75. The van der Waals surface area contributed by atoms with E-state index < -0.39 is 7.12 Å². The molecule has 0 unspecified atom stereocenters. The maximum atomic E-state index is 12.5. The van der Waals surface area contributed by atoms with Crippen LogP contribution in [0.25, 0.3) is 0 Å². The molecule has 1 aromatic rings. The third kappa shape index (κ3) is 2.27. The van der Waals surface area contributed by atoms with E-state index in [9.17, 15) is 4.79 Å². The van der Waals surface area contributed by atoms with Crippen LogP contribution in [0.2, 0.25) is 0 Å². The highest BCUT2D eigenvalue weighted by molar-refractivity contribution is 6.62. The van der Waals surface area contributed by atoms with Crippen molar-refractivity contribution in [1.29, 1.82) is 0 Å². The summed E-state index contributed by atoms with van der Waals surface area (Å²) >= 11 is 0. The Balaban J connectivity index is 1.95. The van der Waals surface area contributed by atoms with Crippen molar-refractivity contribution in [1.82, 2.24) is 4.90 Å². The van der Waals surface area contributed by atoms with Gasteiger partial charge >= 0.3 is 7.12 Å². The summed E-state index contributed by atoms with van der Waals surface area (Å²) in [6.07, 6.45) is 0.964. The van der Waals surface area contributed by atoms with Crippen molar-refractivity contribution >= 4 is 18.5 Å². The van der Waals surface area contributed by atoms with Gasteiger partial charge in [0.05, 0.1) is 11.2 Å². The monoisotopic (exact) mass is 301 g/mol. The summed E-state index contributed by atoms with van der Waals surface area (Å²) in [6, 6.07) is 5.85. The quantitative estimate of drug-likeness (QED) is 0.805. The zero-order chi connectivity index (χ0) is 16.1. The van der Waals surface area contributed by atoms with E-state index in [1.165, 1.54) is 0 Å². The van der Waals surface area contributed by atoms with E-state index in [-0.39, 0.29) is 17.1 Å². The number of fused-ring (bicyclic) bond motifs is 1. The summed E-state index contributed by atoms with van der Waals surface area (Å²) in [5.74, 6) is 0.121. The van der Waals surface area contributed by atoms with Crippen LogP contribution in [0, 0.1) is 0 Å². The van der Waals surface area contributed by atoms with Crippen molar-refractivity contribution in [2.75, 3.05) is 6.54 Å². The molecular formula is C17H24BNO3. The molecule has 118 valence electrons. The van der Waals surface area contributed by atoms with E-state index in [1.54, 1.807) is 0 Å². The van der Waals surface area contributed by atoms with Gasteiger partial charge in [0, 0.05) is 18.7 Å². The predicted octanol–water partition coefficient (Wildman–Crippen LogP) is 2.35. The zero-order valence-electron chi connectivity index (χ0n) is 14.1. The van der Waals surface area contributed by atoms with Crippen LogP contribution in [0.3, 0.4) is 0 Å². The summed E-state index contributed by atoms with van der Waals surface area (Å²) in [5, 5.41) is 0. The van der Waals surface area contributed by atoms with Crippen molar-refractivity contribution < 1.29 is 14.1 Å². The molecule has 0 aromatic heterocycles. The average molecular weight is 301 g/mol. The van der Waals surface area contributed by atoms with E-state index in [4.69, 9.17) is 9.31 Å². The SMILES string of the molecule is CCCN1Cc2c(B3OC(C)(C)C(C)(C)O3)cccc2C1=O. The molecule has 1 aromatic carbocycles. The van der Waals surface area contributed by atoms with Gasteiger partial charge in [0.25, 0.3) is 5.91 Å². The van der Waals surface area contributed by atoms with E-state index >= 15 is 0 Å². The molecule has 2 aliphatic rings. The van der Waals surface area contributed by atoms with Crippen molar-refractivity contribution in [3.8, 4) is 0 Å². The second kappa shape index (κ2) is 5.10. The molecule has 0 atom stereocenters. The van der Waals surface area contributed by atoms with Gasteiger partial charge in [-0.15, -0.1) is 0 Å². The maximum absolute atomic E-state index is 12.5. The third-order valence-electron chi connectivity index (χ3n) is 5.08. The molecule has 0 aliphatic carbocycles. The summed E-state index contributed by atoms with van der Waals surface area (Å²) in [6.45, 7) is 11.7. The number of amides is 1. The van der Waals surface area contributed by atoms with Gasteiger partial charge < -0.3 is 14.2 Å². The highest BCUT2D eigenvalue weighted by Crippen LogP contribution is 2.37. The molecule has 0 spiro atoms. The Bertz CT molecular complexity index is 596. The molecule has 4 nitrogen and oxygen atoms in total. The van der Waals surface area contributed by atoms with E-state index in [0.717, 1.165) is 29.6 Å². The van der Waals surface area contributed by atoms with Crippen molar-refractivity contribution in [3.05, 3.63) is 29.3 Å². The largest absolute Gasteiger partial charge is 0.495 e. The van der Waals surface area contributed by atoms with Gasteiger partial charge in [0.2, 0.25) is 0 Å². The summed E-state index contributed by atoms with van der Waals surface area (Å²) < 4.78 is 12.3. The van der Waals surface area contributed by atoms with E-state index in [1.807, 2.05) is 50.8 Å². The minimum atomic E-state index is -0.408. The number of hydrogen-bond acceptors (Lipinski definition) is 3. The first-order chi connectivity index (χ1) is 10.3. The Morgan fingerprint density at radius 3 is 2.41 bits per heavy atom. The maximum Gasteiger partial charge on any atom is 0.495 e. The van der Waals surface area contributed by atoms with Crippen LogP contribution in [0.5, 0.6) is 0 Å². The van der Waals surface area contributed by atoms with Gasteiger partial charge in [-0.2, -0.15) is 0 Å². The fourth-order valence-electron chi connectivity index (χ4n) is 3.06. The van der Waals surface area contributed by atoms with Crippen LogP contribution in [-0.4, -0.2) is 35.7 Å². The molecule has 1 saturated heterocycles. The second-order valence-corrected chi connectivity index (χ2v) is 7.19. The molecule has 1 fully saturated rings. The molecule has 22 heavy (non-hydrogen) atoms. The summed E-state index contributed by atoms with van der Waals surface area (Å²) in [4.78, 5) is 14.4. The molecule has 0 bridgehead atoms. The minimum absolute atomic E-state index is 0.121. The lowest BCUT2D eigenvalue weighted by Gasteiger charge is -2.32. The van der Waals surface area contributed by atoms with Crippen LogP contribution < -0.4 is 5.46 Å². The lowest BCUT2D eigenvalue weighted by Crippen LogP contribution is -2.41. The normalized spacial score (nSPS) is 22.3. The van der Waals surface area contributed by atoms with Crippen LogP contribution in [0.4, 0.5) is 0 Å². The minimum Gasteiger partial charge on any atom is -0.399 e. The Kier molecular flexibility index (Phi) is 3.61. The lowest BCUT2D eigenvalue weighted by molar-refractivity contribution is 0.00578. The van der Waals surface area contributed by atoms with Gasteiger partial charge in [-0.25, -0.2) is 0 Å². The van der Waals surface area contributed by atoms with Crippen molar-refractivity contribution in [3.63, 3.8) is 0 Å². The van der Waals surface area contributed by atoms with E-state index in [2.05, 4.69) is 6.92 Å². The molecule has 0 radical (unpaired) electrons. The first-order valence-electron chi connectivity index (χ1n) is 8.03. The topological polar surface area (TPSA) is 38.8 Å². The smallest absolute Gasteiger partial charge is 0.399 e. The van der Waals surface area contributed by atoms with Gasteiger partial charge in [0.1, 0.15) is 0 Å². The van der Waals surface area contributed by atoms with Crippen molar-refractivity contribution in [2.24, 2.45) is 0 Å². The molecule has 2 aliphatic heterocycles.